The molecule has 1 aromatic carbocycles. The Balaban J connectivity index is 1.98. The normalized spacial score (nSPS) is 19.2. The fourth-order valence-corrected chi connectivity index (χ4v) is 2.79. The molecule has 0 radical (unpaired) electrons. The van der Waals surface area contributed by atoms with Crippen LogP contribution in [0.4, 0.5) is 0 Å². The van der Waals surface area contributed by atoms with E-state index in [1.807, 2.05) is 23.9 Å². The number of aryl methyl sites for hydroxylation is 1. The monoisotopic (exact) mass is 245 g/mol. The summed E-state index contributed by atoms with van der Waals surface area (Å²) in [6.07, 6.45) is 2.07. The summed E-state index contributed by atoms with van der Waals surface area (Å²) >= 11 is 0. The van der Waals surface area contributed by atoms with E-state index >= 15 is 0 Å². The Hall–Kier alpha value is -1.39. The molecule has 0 saturated carbocycles. The van der Waals surface area contributed by atoms with Gasteiger partial charge in [-0.1, -0.05) is 18.2 Å². The lowest BCUT2D eigenvalue weighted by Crippen LogP contribution is -2.28. The predicted molar refractivity (Wildman–Crippen MR) is 71.2 cm³/mol. The molecular weight excluding hydrogens is 226 g/mol. The van der Waals surface area contributed by atoms with Gasteiger partial charge in [-0.3, -0.25) is 4.68 Å². The van der Waals surface area contributed by atoms with E-state index in [0.717, 1.165) is 37.3 Å². The van der Waals surface area contributed by atoms with E-state index < -0.39 is 0 Å². The Morgan fingerprint density at radius 3 is 2.83 bits per heavy atom. The molecular formula is C14H19N3O. The molecule has 1 unspecified atom stereocenters. The van der Waals surface area contributed by atoms with Gasteiger partial charge in [0.2, 0.25) is 0 Å². The second-order valence-corrected chi connectivity index (χ2v) is 5.00. The number of ether oxygens (including phenoxy) is 1. The van der Waals surface area contributed by atoms with Crippen molar-refractivity contribution in [2.45, 2.75) is 18.9 Å². The van der Waals surface area contributed by atoms with Crippen LogP contribution in [0.5, 0.6) is 0 Å². The highest BCUT2D eigenvalue weighted by molar-refractivity contribution is 5.82. The maximum atomic E-state index is 6.42. The maximum Gasteiger partial charge on any atom is 0.0873 e. The molecule has 2 heterocycles. The third-order valence-electron chi connectivity index (χ3n) is 3.88. The van der Waals surface area contributed by atoms with Crippen molar-refractivity contribution in [3.8, 4) is 0 Å². The number of para-hydroxylation sites is 1. The molecule has 4 nitrogen and oxygen atoms in total. The van der Waals surface area contributed by atoms with E-state index in [0.29, 0.717) is 5.92 Å². The van der Waals surface area contributed by atoms with E-state index in [9.17, 15) is 0 Å². The van der Waals surface area contributed by atoms with E-state index in [4.69, 9.17) is 10.5 Å². The first-order valence-corrected chi connectivity index (χ1v) is 6.52. The summed E-state index contributed by atoms with van der Waals surface area (Å²) in [5.74, 6) is 0.483. The van der Waals surface area contributed by atoms with Gasteiger partial charge in [0.1, 0.15) is 0 Å². The summed E-state index contributed by atoms with van der Waals surface area (Å²) in [6.45, 7) is 1.65. The number of aromatic nitrogens is 2. The molecule has 0 aliphatic carbocycles. The first kappa shape index (κ1) is 11.7. The summed E-state index contributed by atoms with van der Waals surface area (Å²) in [7, 11) is 1.97. The summed E-state index contributed by atoms with van der Waals surface area (Å²) < 4.78 is 7.32. The number of nitrogens with two attached hydrogens (primary N) is 1. The van der Waals surface area contributed by atoms with E-state index in [1.165, 1.54) is 5.39 Å². The second-order valence-electron chi connectivity index (χ2n) is 5.00. The van der Waals surface area contributed by atoms with Crippen molar-refractivity contribution in [2.24, 2.45) is 18.7 Å². The number of nitrogens with zero attached hydrogens (tertiary/aromatic N) is 2. The minimum Gasteiger partial charge on any atom is -0.381 e. The zero-order valence-electron chi connectivity index (χ0n) is 10.7. The van der Waals surface area contributed by atoms with Crippen molar-refractivity contribution >= 4 is 10.9 Å². The van der Waals surface area contributed by atoms with Crippen molar-refractivity contribution in [3.63, 3.8) is 0 Å². The molecule has 1 aliphatic heterocycles. The van der Waals surface area contributed by atoms with Crippen LogP contribution < -0.4 is 5.73 Å². The van der Waals surface area contributed by atoms with Crippen LogP contribution in [0.3, 0.4) is 0 Å². The molecule has 3 rings (SSSR count). The largest absolute Gasteiger partial charge is 0.381 e. The molecule has 1 fully saturated rings. The zero-order chi connectivity index (χ0) is 12.5. The Morgan fingerprint density at radius 1 is 1.33 bits per heavy atom. The van der Waals surface area contributed by atoms with Crippen molar-refractivity contribution in [1.82, 2.24) is 9.78 Å². The smallest absolute Gasteiger partial charge is 0.0873 e. The molecule has 1 aliphatic rings. The van der Waals surface area contributed by atoms with Crippen LogP contribution in [-0.4, -0.2) is 23.0 Å². The molecule has 2 N–H and O–H groups in total. The topological polar surface area (TPSA) is 53.1 Å². The quantitative estimate of drug-likeness (QED) is 0.880. The highest BCUT2D eigenvalue weighted by Gasteiger charge is 2.25. The van der Waals surface area contributed by atoms with Crippen LogP contribution in [0.25, 0.3) is 10.9 Å². The number of hydrogen-bond donors (Lipinski definition) is 1. The van der Waals surface area contributed by atoms with Crippen LogP contribution in [0.15, 0.2) is 24.3 Å². The second kappa shape index (κ2) is 4.71. The first-order chi connectivity index (χ1) is 8.77. The molecule has 4 heteroatoms. The van der Waals surface area contributed by atoms with Crippen molar-refractivity contribution in [3.05, 3.63) is 30.0 Å². The van der Waals surface area contributed by atoms with Gasteiger partial charge in [-0.2, -0.15) is 5.10 Å². The van der Waals surface area contributed by atoms with Gasteiger partial charge >= 0.3 is 0 Å². The van der Waals surface area contributed by atoms with Gasteiger partial charge in [-0.15, -0.1) is 0 Å². The van der Waals surface area contributed by atoms with Gasteiger partial charge in [0, 0.05) is 25.6 Å². The molecule has 96 valence electrons. The lowest BCUT2D eigenvalue weighted by molar-refractivity contribution is 0.0580. The summed E-state index contributed by atoms with van der Waals surface area (Å²) in [5.41, 5.74) is 8.59. The van der Waals surface area contributed by atoms with Gasteiger partial charge in [0.15, 0.2) is 0 Å². The van der Waals surface area contributed by atoms with Crippen LogP contribution >= 0.6 is 0 Å². The summed E-state index contributed by atoms with van der Waals surface area (Å²) in [5, 5.41) is 5.80. The Kier molecular flexibility index (Phi) is 3.06. The Labute approximate surface area is 107 Å². The van der Waals surface area contributed by atoms with Crippen molar-refractivity contribution < 1.29 is 4.74 Å². The minimum atomic E-state index is 0.0139. The number of hydrogen-bond acceptors (Lipinski definition) is 3. The van der Waals surface area contributed by atoms with Gasteiger partial charge in [-0.25, -0.2) is 0 Å². The molecule has 1 aromatic heterocycles. The molecule has 18 heavy (non-hydrogen) atoms. The average Bonchev–Trinajstić information content (AvgIpc) is 2.77. The van der Waals surface area contributed by atoms with E-state index in [2.05, 4.69) is 17.2 Å². The average molecular weight is 245 g/mol. The van der Waals surface area contributed by atoms with Crippen molar-refractivity contribution in [1.29, 1.82) is 0 Å². The number of benzene rings is 1. The maximum absolute atomic E-state index is 6.42. The molecule has 1 atom stereocenters. The SMILES string of the molecule is Cn1nc(C(N)C2CCOCC2)c2ccccc21. The zero-order valence-corrected chi connectivity index (χ0v) is 10.7. The van der Waals surface area contributed by atoms with Crippen LogP contribution in [0, 0.1) is 5.92 Å². The van der Waals surface area contributed by atoms with Gasteiger partial charge in [0.05, 0.1) is 17.3 Å². The molecule has 0 amide bonds. The lowest BCUT2D eigenvalue weighted by atomic mass is 9.89. The van der Waals surface area contributed by atoms with Gasteiger partial charge < -0.3 is 10.5 Å². The molecule has 0 bridgehead atoms. The van der Waals surface area contributed by atoms with Gasteiger partial charge in [0.25, 0.3) is 0 Å². The Morgan fingerprint density at radius 2 is 2.06 bits per heavy atom. The predicted octanol–water partition coefficient (Wildman–Crippen LogP) is 2.00. The minimum absolute atomic E-state index is 0.0139. The molecule has 2 aromatic rings. The van der Waals surface area contributed by atoms with Crippen LogP contribution in [-0.2, 0) is 11.8 Å². The molecule has 1 saturated heterocycles. The summed E-state index contributed by atoms with van der Waals surface area (Å²) in [6, 6.07) is 8.29. The van der Waals surface area contributed by atoms with Crippen LogP contribution in [0.1, 0.15) is 24.6 Å². The Bertz CT molecular complexity index is 543. The number of fused-ring (bicyclic) bond motifs is 1. The lowest BCUT2D eigenvalue weighted by Gasteiger charge is -2.26. The third kappa shape index (κ3) is 1.91. The summed E-state index contributed by atoms with van der Waals surface area (Å²) in [4.78, 5) is 0. The standard InChI is InChI=1S/C14H19N3O/c1-17-12-5-3-2-4-11(12)14(16-17)13(15)10-6-8-18-9-7-10/h2-5,10,13H,6-9,15H2,1H3. The first-order valence-electron chi connectivity index (χ1n) is 6.52. The number of rotatable bonds is 2. The van der Waals surface area contributed by atoms with Gasteiger partial charge in [-0.05, 0) is 24.8 Å². The molecule has 0 spiro atoms. The van der Waals surface area contributed by atoms with Crippen molar-refractivity contribution in [2.75, 3.05) is 13.2 Å². The van der Waals surface area contributed by atoms with Crippen LogP contribution in [0.2, 0.25) is 0 Å². The fraction of sp³-hybridized carbons (Fsp3) is 0.500. The highest BCUT2D eigenvalue weighted by Crippen LogP contribution is 2.31. The third-order valence-corrected chi connectivity index (χ3v) is 3.88. The van der Waals surface area contributed by atoms with E-state index in [1.54, 1.807) is 0 Å². The fourth-order valence-electron chi connectivity index (χ4n) is 2.79. The highest BCUT2D eigenvalue weighted by atomic mass is 16.5. The van der Waals surface area contributed by atoms with E-state index in [-0.39, 0.29) is 6.04 Å².